The highest BCUT2D eigenvalue weighted by molar-refractivity contribution is 6.32. The molecular weight excluding hydrogens is 610 g/mol. The summed E-state index contributed by atoms with van der Waals surface area (Å²) in [6, 6.07) is 6.47. The van der Waals surface area contributed by atoms with Crippen molar-refractivity contribution in [1.82, 2.24) is 34.9 Å². The molecule has 1 aliphatic heterocycles. The SMILES string of the molecule is CN/C(OCCOC)=C(\C=NC1CCC(N2CCOCC2)CC1)Nc1ncc(-c2ccc(Cl)c(O[C@@H](C)Cn3cncn3)c2)cn1. The molecule has 248 valence electrons. The summed E-state index contributed by atoms with van der Waals surface area (Å²) in [5.74, 6) is 1.52. The number of aromatic nitrogens is 5. The van der Waals surface area contributed by atoms with Gasteiger partial charge < -0.3 is 29.6 Å². The first kappa shape index (κ1) is 33.6. The van der Waals surface area contributed by atoms with Gasteiger partial charge in [-0.3, -0.25) is 9.89 Å². The first-order chi connectivity index (χ1) is 22.5. The normalized spacial score (nSPS) is 20.3. The molecule has 2 fully saturated rings. The Labute approximate surface area is 275 Å². The lowest BCUT2D eigenvalue weighted by molar-refractivity contribution is 0.00755. The van der Waals surface area contributed by atoms with Crippen LogP contribution in [-0.2, 0) is 20.8 Å². The molecule has 1 saturated carbocycles. The largest absolute Gasteiger partial charge is 0.487 e. The number of benzene rings is 1. The number of aliphatic imine (C=N–C) groups is 1. The predicted octanol–water partition coefficient (Wildman–Crippen LogP) is 4.03. The number of rotatable bonds is 15. The molecule has 14 heteroatoms. The fourth-order valence-electron chi connectivity index (χ4n) is 5.63. The average molecular weight is 654 g/mol. The highest BCUT2D eigenvalue weighted by Gasteiger charge is 2.26. The third-order valence-corrected chi connectivity index (χ3v) is 8.36. The van der Waals surface area contributed by atoms with Gasteiger partial charge in [-0.2, -0.15) is 5.10 Å². The van der Waals surface area contributed by atoms with Crippen molar-refractivity contribution >= 4 is 23.8 Å². The Balaban J connectivity index is 1.25. The second-order valence-corrected chi connectivity index (χ2v) is 11.7. The zero-order valence-corrected chi connectivity index (χ0v) is 27.5. The van der Waals surface area contributed by atoms with E-state index in [1.165, 1.54) is 6.33 Å². The van der Waals surface area contributed by atoms with Crippen molar-refractivity contribution in [2.45, 2.75) is 57.3 Å². The summed E-state index contributed by atoms with van der Waals surface area (Å²) in [4.78, 5) is 20.7. The lowest BCUT2D eigenvalue weighted by Gasteiger charge is -2.38. The molecule has 1 aromatic carbocycles. The number of halogens is 1. The molecule has 2 aromatic heterocycles. The second kappa shape index (κ2) is 17.2. The monoisotopic (exact) mass is 653 g/mol. The van der Waals surface area contributed by atoms with E-state index in [2.05, 4.69) is 35.6 Å². The molecule has 0 bridgehead atoms. The number of nitrogens with zero attached hydrogens (tertiary/aromatic N) is 7. The van der Waals surface area contributed by atoms with Crippen molar-refractivity contribution in [3.63, 3.8) is 0 Å². The van der Waals surface area contributed by atoms with Crippen LogP contribution in [0.4, 0.5) is 5.95 Å². The number of nitrogens with one attached hydrogen (secondary N) is 2. The fraction of sp³-hybridized carbons (Fsp3) is 0.531. The predicted molar refractivity (Wildman–Crippen MR) is 177 cm³/mol. The molecule has 0 unspecified atom stereocenters. The number of allylic oxidation sites excluding steroid dienone is 1. The number of anilines is 1. The summed E-state index contributed by atoms with van der Waals surface area (Å²) in [5.41, 5.74) is 2.34. The molecule has 0 radical (unpaired) electrons. The van der Waals surface area contributed by atoms with Crippen LogP contribution < -0.4 is 15.4 Å². The minimum Gasteiger partial charge on any atom is -0.487 e. The maximum absolute atomic E-state index is 6.46. The fourth-order valence-corrected chi connectivity index (χ4v) is 5.80. The molecule has 2 N–H and O–H groups in total. The maximum atomic E-state index is 6.46. The summed E-state index contributed by atoms with van der Waals surface area (Å²) in [5, 5.41) is 11.1. The van der Waals surface area contributed by atoms with E-state index in [0.717, 1.165) is 63.1 Å². The lowest BCUT2D eigenvalue weighted by Crippen LogP contribution is -2.45. The van der Waals surface area contributed by atoms with Gasteiger partial charge in [0.1, 0.15) is 36.8 Å². The van der Waals surface area contributed by atoms with Crippen molar-refractivity contribution < 1.29 is 18.9 Å². The van der Waals surface area contributed by atoms with Crippen LogP contribution in [0.3, 0.4) is 0 Å². The molecule has 46 heavy (non-hydrogen) atoms. The van der Waals surface area contributed by atoms with Gasteiger partial charge in [0, 0.05) is 51.2 Å². The van der Waals surface area contributed by atoms with Crippen LogP contribution >= 0.6 is 11.6 Å². The van der Waals surface area contributed by atoms with Gasteiger partial charge in [-0.1, -0.05) is 17.7 Å². The number of methoxy groups -OCH3 is 1. The molecule has 0 spiro atoms. The Hall–Kier alpha value is -3.78. The summed E-state index contributed by atoms with van der Waals surface area (Å²) in [6.45, 7) is 7.05. The Morgan fingerprint density at radius 3 is 2.61 bits per heavy atom. The number of ether oxygens (including phenoxy) is 4. The first-order valence-electron chi connectivity index (χ1n) is 15.8. The van der Waals surface area contributed by atoms with Crippen LogP contribution in [0.2, 0.25) is 5.02 Å². The summed E-state index contributed by atoms with van der Waals surface area (Å²) < 4.78 is 24.5. The third-order valence-electron chi connectivity index (χ3n) is 8.05. The Bertz CT molecular complexity index is 1410. The van der Waals surface area contributed by atoms with E-state index >= 15 is 0 Å². The van der Waals surface area contributed by atoms with Crippen molar-refractivity contribution in [1.29, 1.82) is 0 Å². The summed E-state index contributed by atoms with van der Waals surface area (Å²) in [6.07, 6.45) is 12.7. The van der Waals surface area contributed by atoms with Gasteiger partial charge in [-0.15, -0.1) is 0 Å². The van der Waals surface area contributed by atoms with Gasteiger partial charge in [0.2, 0.25) is 11.8 Å². The van der Waals surface area contributed by atoms with Crippen LogP contribution in [0.25, 0.3) is 11.1 Å². The van der Waals surface area contributed by atoms with Gasteiger partial charge in [-0.25, -0.2) is 19.6 Å². The molecular formula is C32H44ClN9O4. The number of morpholine rings is 1. The zero-order valence-electron chi connectivity index (χ0n) is 26.8. The van der Waals surface area contributed by atoms with Gasteiger partial charge in [0.05, 0.1) is 43.6 Å². The van der Waals surface area contributed by atoms with E-state index in [1.807, 2.05) is 38.4 Å². The Morgan fingerprint density at radius 2 is 1.91 bits per heavy atom. The van der Waals surface area contributed by atoms with Crippen molar-refractivity contribution in [3.8, 4) is 16.9 Å². The van der Waals surface area contributed by atoms with Crippen LogP contribution in [-0.4, -0.2) is 108 Å². The van der Waals surface area contributed by atoms with Gasteiger partial charge in [0.15, 0.2) is 0 Å². The smallest absolute Gasteiger partial charge is 0.227 e. The van der Waals surface area contributed by atoms with Gasteiger partial charge >= 0.3 is 0 Å². The molecule has 1 atom stereocenters. The third kappa shape index (κ3) is 9.61. The van der Waals surface area contributed by atoms with Crippen LogP contribution in [0.1, 0.15) is 32.6 Å². The van der Waals surface area contributed by atoms with Crippen LogP contribution in [0.15, 0.2) is 59.8 Å². The lowest BCUT2D eigenvalue weighted by atomic mass is 9.90. The quantitative estimate of drug-likeness (QED) is 0.140. The standard InChI is InChI=1S/C32H44ClN9O4/c1-23(20-42-22-35-21-39-42)46-30-16-24(4-9-28(30)33)25-17-37-32(38-18-25)40-29(31(34-2)45-15-14-43-3)19-36-26-5-7-27(8-6-26)41-10-12-44-13-11-41/h4,9,16-19,21-23,26-27,34H,5-8,10-15,20H2,1-3H3,(H,37,38,40)/b31-29-,36-19?/t23-,26?,27?/m0/s1. The first-order valence-corrected chi connectivity index (χ1v) is 16.2. The minimum atomic E-state index is -0.170. The molecule has 3 heterocycles. The van der Waals surface area contributed by atoms with E-state index in [1.54, 1.807) is 30.5 Å². The van der Waals surface area contributed by atoms with E-state index in [4.69, 9.17) is 35.5 Å². The Kier molecular flexibility index (Phi) is 12.6. The number of hydrogen-bond acceptors (Lipinski definition) is 12. The highest BCUT2D eigenvalue weighted by Crippen LogP contribution is 2.31. The molecule has 13 nitrogen and oxygen atoms in total. The van der Waals surface area contributed by atoms with Crippen LogP contribution in [0.5, 0.6) is 5.75 Å². The number of hydrogen-bond donors (Lipinski definition) is 2. The topological polar surface area (TPSA) is 133 Å². The molecule has 1 saturated heterocycles. The van der Waals surface area contributed by atoms with E-state index in [-0.39, 0.29) is 12.1 Å². The van der Waals surface area contributed by atoms with E-state index in [0.29, 0.717) is 54.1 Å². The van der Waals surface area contributed by atoms with Crippen molar-refractivity contribution in [2.75, 3.05) is 59.0 Å². The average Bonchev–Trinajstić information content (AvgIpc) is 3.60. The van der Waals surface area contributed by atoms with E-state index < -0.39 is 0 Å². The molecule has 5 rings (SSSR count). The van der Waals surface area contributed by atoms with Crippen LogP contribution in [0, 0.1) is 0 Å². The summed E-state index contributed by atoms with van der Waals surface area (Å²) in [7, 11) is 3.45. The summed E-state index contributed by atoms with van der Waals surface area (Å²) >= 11 is 6.46. The van der Waals surface area contributed by atoms with Crippen molar-refractivity contribution in [3.05, 3.63) is 59.9 Å². The van der Waals surface area contributed by atoms with E-state index in [9.17, 15) is 0 Å². The van der Waals surface area contributed by atoms with Crippen molar-refractivity contribution in [2.24, 2.45) is 4.99 Å². The minimum absolute atomic E-state index is 0.170. The Morgan fingerprint density at radius 1 is 1.13 bits per heavy atom. The molecule has 2 aliphatic rings. The zero-order chi connectivity index (χ0) is 32.1. The van der Waals surface area contributed by atoms with Gasteiger partial charge in [0.25, 0.3) is 0 Å². The molecule has 0 amide bonds. The second-order valence-electron chi connectivity index (χ2n) is 11.3. The maximum Gasteiger partial charge on any atom is 0.227 e. The molecule has 1 aliphatic carbocycles. The molecule has 3 aromatic rings. The van der Waals surface area contributed by atoms with Gasteiger partial charge in [-0.05, 0) is 50.3 Å². The highest BCUT2D eigenvalue weighted by atomic mass is 35.5.